The van der Waals surface area contributed by atoms with Crippen LogP contribution in [-0.4, -0.2) is 24.1 Å². The van der Waals surface area contributed by atoms with E-state index < -0.39 is 0 Å². The number of hydrogen-bond acceptors (Lipinski definition) is 3. The van der Waals surface area contributed by atoms with Crippen LogP contribution >= 0.6 is 15.9 Å². The van der Waals surface area contributed by atoms with Crippen molar-refractivity contribution in [2.24, 2.45) is 0 Å². The van der Waals surface area contributed by atoms with Gasteiger partial charge in [0.2, 0.25) is 0 Å². The van der Waals surface area contributed by atoms with Gasteiger partial charge >= 0.3 is 0 Å². The Bertz CT molecular complexity index is 250. The molecule has 4 heteroatoms. The molecule has 0 bridgehead atoms. The fraction of sp³-hybridized carbons (Fsp3) is 0.375. The fourth-order valence-corrected chi connectivity index (χ4v) is 1.17. The molecule has 1 aromatic rings. The number of halogens is 1. The van der Waals surface area contributed by atoms with Gasteiger partial charge in [0.25, 0.3) is 0 Å². The molecule has 0 saturated heterocycles. The predicted molar refractivity (Wildman–Crippen MR) is 52.5 cm³/mol. The van der Waals surface area contributed by atoms with Crippen molar-refractivity contribution >= 4 is 15.9 Å². The zero-order valence-electron chi connectivity index (χ0n) is 7.21. The highest BCUT2D eigenvalue weighted by Gasteiger charge is 1.94. The summed E-state index contributed by atoms with van der Waals surface area (Å²) >= 11 is 3.32. The Balaban J connectivity index is 2.52. The Morgan fingerprint density at radius 1 is 1.50 bits per heavy atom. The predicted octanol–water partition coefficient (Wildman–Crippen LogP) is 1.41. The molecule has 1 N–H and O–H groups in total. The highest BCUT2D eigenvalue weighted by atomic mass is 79.9. The van der Waals surface area contributed by atoms with Crippen LogP contribution in [0.25, 0.3) is 0 Å². The van der Waals surface area contributed by atoms with Crippen molar-refractivity contribution in [1.29, 1.82) is 0 Å². The summed E-state index contributed by atoms with van der Waals surface area (Å²) in [6, 6.07) is 5.88. The molecule has 0 unspecified atom stereocenters. The topological polar surface area (TPSA) is 28.2 Å². The molecule has 0 atom stereocenters. The number of pyridine rings is 1. The normalized spacial score (nSPS) is 10.7. The van der Waals surface area contributed by atoms with Gasteiger partial charge in [-0.1, -0.05) is 6.07 Å². The molecular formula is C8H12BrN3. The lowest BCUT2D eigenvalue weighted by atomic mass is 10.3. The van der Waals surface area contributed by atoms with Gasteiger partial charge in [-0.25, -0.2) is 10.4 Å². The first-order chi connectivity index (χ1) is 5.68. The molecule has 0 aliphatic heterocycles. The van der Waals surface area contributed by atoms with Crippen LogP contribution in [-0.2, 0) is 6.54 Å². The van der Waals surface area contributed by atoms with Gasteiger partial charge in [0.05, 0.1) is 12.2 Å². The summed E-state index contributed by atoms with van der Waals surface area (Å²) in [6.07, 6.45) is 0. The van der Waals surface area contributed by atoms with Crippen molar-refractivity contribution in [2.45, 2.75) is 6.54 Å². The summed E-state index contributed by atoms with van der Waals surface area (Å²) in [4.78, 5) is 4.27. The second-order valence-corrected chi connectivity index (χ2v) is 3.49. The lowest BCUT2D eigenvalue weighted by molar-refractivity contribution is 0.284. The third kappa shape index (κ3) is 3.30. The first-order valence-electron chi connectivity index (χ1n) is 3.71. The maximum Gasteiger partial charge on any atom is 0.106 e. The highest BCUT2D eigenvalue weighted by Crippen LogP contribution is 2.05. The Hall–Kier alpha value is -0.450. The fourth-order valence-electron chi connectivity index (χ4n) is 0.788. The van der Waals surface area contributed by atoms with Crippen LogP contribution < -0.4 is 5.43 Å². The highest BCUT2D eigenvalue weighted by molar-refractivity contribution is 9.10. The monoisotopic (exact) mass is 229 g/mol. The van der Waals surface area contributed by atoms with Crippen LogP contribution in [0, 0.1) is 0 Å². The molecule has 12 heavy (non-hydrogen) atoms. The molecule has 1 rings (SSSR count). The van der Waals surface area contributed by atoms with E-state index in [1.165, 1.54) is 0 Å². The maximum atomic E-state index is 4.27. The Morgan fingerprint density at radius 3 is 2.83 bits per heavy atom. The van der Waals surface area contributed by atoms with Crippen LogP contribution in [0.4, 0.5) is 0 Å². The van der Waals surface area contributed by atoms with Gasteiger partial charge in [0.15, 0.2) is 0 Å². The van der Waals surface area contributed by atoms with Gasteiger partial charge in [-0.2, -0.15) is 0 Å². The van der Waals surface area contributed by atoms with Crippen LogP contribution in [0.15, 0.2) is 22.8 Å². The van der Waals surface area contributed by atoms with Gasteiger partial charge < -0.3 is 0 Å². The maximum absolute atomic E-state index is 4.27. The summed E-state index contributed by atoms with van der Waals surface area (Å²) in [5.74, 6) is 0. The van der Waals surface area contributed by atoms with E-state index in [0.717, 1.165) is 16.8 Å². The molecule has 66 valence electrons. The summed E-state index contributed by atoms with van der Waals surface area (Å²) in [5, 5.41) is 1.91. The molecule has 0 aliphatic carbocycles. The molecule has 0 spiro atoms. The molecule has 0 aliphatic rings. The molecule has 3 nitrogen and oxygen atoms in total. The van der Waals surface area contributed by atoms with Crippen LogP contribution in [0.1, 0.15) is 5.69 Å². The number of nitrogens with zero attached hydrogens (tertiary/aromatic N) is 2. The number of hydrogen-bond donors (Lipinski definition) is 1. The van der Waals surface area contributed by atoms with Gasteiger partial charge in [-0.3, -0.25) is 5.01 Å². The Labute approximate surface area is 80.9 Å². The molecule has 0 amide bonds. The second kappa shape index (κ2) is 4.54. The van der Waals surface area contributed by atoms with E-state index in [2.05, 4.69) is 26.3 Å². The lowest BCUT2D eigenvalue weighted by Gasteiger charge is -2.10. The van der Waals surface area contributed by atoms with Crippen molar-refractivity contribution < 1.29 is 0 Å². The van der Waals surface area contributed by atoms with Crippen molar-refractivity contribution in [3.05, 3.63) is 28.5 Å². The van der Waals surface area contributed by atoms with Crippen molar-refractivity contribution in [2.75, 3.05) is 14.1 Å². The van der Waals surface area contributed by atoms with Crippen LogP contribution in [0.2, 0.25) is 0 Å². The van der Waals surface area contributed by atoms with E-state index >= 15 is 0 Å². The smallest absolute Gasteiger partial charge is 0.106 e. The summed E-state index contributed by atoms with van der Waals surface area (Å²) in [5.41, 5.74) is 4.16. The first-order valence-corrected chi connectivity index (χ1v) is 4.50. The third-order valence-corrected chi connectivity index (χ3v) is 1.79. The van der Waals surface area contributed by atoms with E-state index in [0.29, 0.717) is 0 Å². The number of nitrogens with one attached hydrogen (secondary N) is 1. The quantitative estimate of drug-likeness (QED) is 0.628. The average molecular weight is 230 g/mol. The zero-order chi connectivity index (χ0) is 8.97. The van der Waals surface area contributed by atoms with Crippen LogP contribution in [0.5, 0.6) is 0 Å². The zero-order valence-corrected chi connectivity index (χ0v) is 8.80. The first kappa shape index (κ1) is 9.64. The standard InChI is InChI=1S/C8H12BrN3/c1-12(2)10-6-7-4-3-5-8(9)11-7/h3-5,10H,6H2,1-2H3. The van der Waals surface area contributed by atoms with E-state index in [4.69, 9.17) is 0 Å². The van der Waals surface area contributed by atoms with Crippen molar-refractivity contribution in [3.63, 3.8) is 0 Å². The second-order valence-electron chi connectivity index (χ2n) is 2.68. The summed E-state index contributed by atoms with van der Waals surface area (Å²) < 4.78 is 0.876. The minimum absolute atomic E-state index is 0.756. The Morgan fingerprint density at radius 2 is 2.25 bits per heavy atom. The summed E-state index contributed by atoms with van der Waals surface area (Å²) in [7, 11) is 3.91. The van der Waals surface area contributed by atoms with Crippen LogP contribution in [0.3, 0.4) is 0 Å². The van der Waals surface area contributed by atoms with E-state index in [-0.39, 0.29) is 0 Å². The van der Waals surface area contributed by atoms with Crippen molar-refractivity contribution in [1.82, 2.24) is 15.4 Å². The van der Waals surface area contributed by atoms with E-state index in [1.54, 1.807) is 0 Å². The van der Waals surface area contributed by atoms with Gasteiger partial charge in [-0.15, -0.1) is 0 Å². The molecule has 0 fully saturated rings. The largest absolute Gasteiger partial charge is 0.250 e. The third-order valence-electron chi connectivity index (χ3n) is 1.35. The molecule has 0 saturated carbocycles. The van der Waals surface area contributed by atoms with Gasteiger partial charge in [-0.05, 0) is 28.1 Å². The van der Waals surface area contributed by atoms with E-state index in [9.17, 15) is 0 Å². The minimum atomic E-state index is 0.756. The number of aromatic nitrogens is 1. The van der Waals surface area contributed by atoms with Crippen molar-refractivity contribution in [3.8, 4) is 0 Å². The Kier molecular flexibility index (Phi) is 3.65. The van der Waals surface area contributed by atoms with Gasteiger partial charge in [0.1, 0.15) is 4.60 Å². The minimum Gasteiger partial charge on any atom is -0.250 e. The lowest BCUT2D eigenvalue weighted by Crippen LogP contribution is -2.29. The number of hydrazine groups is 1. The van der Waals surface area contributed by atoms with Gasteiger partial charge in [0, 0.05) is 14.1 Å². The average Bonchev–Trinajstić information content (AvgIpc) is 2.01. The molecule has 0 radical (unpaired) electrons. The molecular weight excluding hydrogens is 218 g/mol. The number of rotatable bonds is 3. The van der Waals surface area contributed by atoms with E-state index in [1.807, 2.05) is 37.3 Å². The molecule has 1 heterocycles. The molecule has 1 aromatic heterocycles. The SMILES string of the molecule is CN(C)NCc1cccc(Br)n1. The summed E-state index contributed by atoms with van der Waals surface area (Å²) in [6.45, 7) is 0.756. The molecule has 0 aromatic carbocycles.